The third kappa shape index (κ3) is 9.50. The Balaban J connectivity index is 2.85. The van der Waals surface area contributed by atoms with E-state index >= 15 is 0 Å². The maximum atomic E-state index is 8.34. The third-order valence-electron chi connectivity index (χ3n) is 1.41. The molecule has 0 aliphatic heterocycles. The largest absolute Gasteiger partial charge is 0.501 e. The fourth-order valence-electron chi connectivity index (χ4n) is 0.791. The van der Waals surface area contributed by atoms with Gasteiger partial charge in [-0.3, -0.25) is 0 Å². The van der Waals surface area contributed by atoms with E-state index in [-0.39, 0.29) is 6.61 Å². The van der Waals surface area contributed by atoms with Crippen molar-refractivity contribution in [3.05, 3.63) is 12.3 Å². The molecular weight excluding hydrogens is 140 g/mol. The molecule has 0 aromatic rings. The van der Waals surface area contributed by atoms with Crippen molar-refractivity contribution in [1.82, 2.24) is 0 Å². The van der Waals surface area contributed by atoms with Crippen molar-refractivity contribution >= 4 is 0 Å². The lowest BCUT2D eigenvalue weighted by molar-refractivity contribution is 0.236. The molecule has 0 aliphatic rings. The molecule has 0 heterocycles. The van der Waals surface area contributed by atoms with Crippen molar-refractivity contribution < 1.29 is 9.84 Å². The second kappa shape index (κ2) is 9.50. The van der Waals surface area contributed by atoms with Crippen LogP contribution in [0.3, 0.4) is 0 Å². The average Bonchev–Trinajstić information content (AvgIpc) is 2.03. The third-order valence-corrected chi connectivity index (χ3v) is 1.41. The van der Waals surface area contributed by atoms with Gasteiger partial charge in [-0.05, 0) is 12.5 Å². The maximum Gasteiger partial charge on any atom is 0.0873 e. The van der Waals surface area contributed by atoms with Crippen LogP contribution in [0.4, 0.5) is 0 Å². The van der Waals surface area contributed by atoms with Crippen molar-refractivity contribution in [2.75, 3.05) is 13.2 Å². The van der Waals surface area contributed by atoms with Gasteiger partial charge in [0, 0.05) is 0 Å². The summed E-state index contributed by atoms with van der Waals surface area (Å²) in [4.78, 5) is 0. The maximum absolute atomic E-state index is 8.34. The van der Waals surface area contributed by atoms with Crippen LogP contribution in [0, 0.1) is 0 Å². The van der Waals surface area contributed by atoms with E-state index < -0.39 is 0 Å². The summed E-state index contributed by atoms with van der Waals surface area (Å²) in [5.74, 6) is 0. The van der Waals surface area contributed by atoms with Gasteiger partial charge in [-0.25, -0.2) is 0 Å². The standard InChI is InChI=1S/C9H18O2/c1-2-3-4-5-8-11-9-6-7-10/h6,9-10H,2-5,7-8H2,1H3. The average molecular weight is 158 g/mol. The Hall–Kier alpha value is -0.500. The van der Waals surface area contributed by atoms with Crippen LogP contribution in [-0.4, -0.2) is 18.3 Å². The van der Waals surface area contributed by atoms with Crippen molar-refractivity contribution in [2.45, 2.75) is 32.6 Å². The molecular formula is C9H18O2. The van der Waals surface area contributed by atoms with Crippen molar-refractivity contribution in [1.29, 1.82) is 0 Å². The van der Waals surface area contributed by atoms with E-state index in [0.717, 1.165) is 13.0 Å². The SMILES string of the molecule is CCCCCCOC=CCO. The number of rotatable bonds is 7. The van der Waals surface area contributed by atoms with E-state index in [2.05, 4.69) is 6.92 Å². The van der Waals surface area contributed by atoms with Gasteiger partial charge >= 0.3 is 0 Å². The van der Waals surface area contributed by atoms with E-state index in [1.165, 1.54) is 19.3 Å². The Labute approximate surface area is 68.9 Å². The highest BCUT2D eigenvalue weighted by atomic mass is 16.5. The van der Waals surface area contributed by atoms with Crippen LogP contribution in [0.5, 0.6) is 0 Å². The van der Waals surface area contributed by atoms with Crippen molar-refractivity contribution in [3.63, 3.8) is 0 Å². The van der Waals surface area contributed by atoms with Crippen LogP contribution in [-0.2, 0) is 4.74 Å². The molecule has 2 nitrogen and oxygen atoms in total. The quantitative estimate of drug-likeness (QED) is 0.454. The van der Waals surface area contributed by atoms with Crippen molar-refractivity contribution in [3.8, 4) is 0 Å². The van der Waals surface area contributed by atoms with Crippen molar-refractivity contribution in [2.24, 2.45) is 0 Å². The first-order chi connectivity index (χ1) is 5.41. The molecule has 0 spiro atoms. The molecule has 0 saturated heterocycles. The van der Waals surface area contributed by atoms with Gasteiger partial charge in [0.1, 0.15) is 0 Å². The summed E-state index contributed by atoms with van der Waals surface area (Å²) in [5.41, 5.74) is 0. The van der Waals surface area contributed by atoms with Gasteiger partial charge in [-0.15, -0.1) is 0 Å². The fourth-order valence-corrected chi connectivity index (χ4v) is 0.791. The number of hydrogen-bond donors (Lipinski definition) is 1. The molecule has 0 atom stereocenters. The molecule has 1 N–H and O–H groups in total. The minimum Gasteiger partial charge on any atom is -0.501 e. The molecule has 0 fully saturated rings. The molecule has 0 saturated carbocycles. The first-order valence-corrected chi connectivity index (χ1v) is 4.29. The molecule has 0 bridgehead atoms. The van der Waals surface area contributed by atoms with Crippen LogP contribution < -0.4 is 0 Å². The van der Waals surface area contributed by atoms with E-state index in [1.807, 2.05) is 0 Å². The minimum absolute atomic E-state index is 0.0644. The van der Waals surface area contributed by atoms with Gasteiger partial charge in [0.2, 0.25) is 0 Å². The number of aliphatic hydroxyl groups is 1. The number of hydrogen-bond acceptors (Lipinski definition) is 2. The predicted molar refractivity (Wildman–Crippen MR) is 46.3 cm³/mol. The smallest absolute Gasteiger partial charge is 0.0873 e. The normalized spacial score (nSPS) is 10.7. The van der Waals surface area contributed by atoms with Gasteiger partial charge in [0.05, 0.1) is 19.5 Å². The predicted octanol–water partition coefficient (Wildman–Crippen LogP) is 2.09. The van der Waals surface area contributed by atoms with Crippen LogP contribution in [0.25, 0.3) is 0 Å². The van der Waals surface area contributed by atoms with Crippen LogP contribution in [0.1, 0.15) is 32.6 Å². The molecule has 0 aliphatic carbocycles. The molecule has 66 valence electrons. The minimum atomic E-state index is 0.0644. The molecule has 2 heteroatoms. The summed E-state index contributed by atoms with van der Waals surface area (Å²) >= 11 is 0. The number of ether oxygens (including phenoxy) is 1. The summed E-state index contributed by atoms with van der Waals surface area (Å²) in [6.07, 6.45) is 8.05. The van der Waals surface area contributed by atoms with Crippen LogP contribution >= 0.6 is 0 Å². The van der Waals surface area contributed by atoms with E-state index in [9.17, 15) is 0 Å². The van der Waals surface area contributed by atoms with E-state index in [1.54, 1.807) is 12.3 Å². The highest BCUT2D eigenvalue weighted by molar-refractivity contribution is 4.70. The zero-order valence-electron chi connectivity index (χ0n) is 7.25. The molecule has 0 aromatic carbocycles. The summed E-state index contributed by atoms with van der Waals surface area (Å²) in [5, 5.41) is 8.34. The number of aliphatic hydroxyl groups excluding tert-OH is 1. The second-order valence-corrected chi connectivity index (χ2v) is 2.49. The summed E-state index contributed by atoms with van der Waals surface area (Å²) in [7, 11) is 0. The zero-order chi connectivity index (χ0) is 8.36. The Kier molecular flexibility index (Phi) is 9.07. The zero-order valence-corrected chi connectivity index (χ0v) is 7.25. The highest BCUT2D eigenvalue weighted by Gasteiger charge is 1.85. The molecule has 11 heavy (non-hydrogen) atoms. The molecule has 0 unspecified atom stereocenters. The molecule has 0 radical (unpaired) electrons. The first kappa shape index (κ1) is 10.5. The summed E-state index contributed by atoms with van der Waals surface area (Å²) in [6.45, 7) is 3.03. The Morgan fingerprint density at radius 1 is 1.27 bits per heavy atom. The summed E-state index contributed by atoms with van der Waals surface area (Å²) < 4.78 is 5.08. The lowest BCUT2D eigenvalue weighted by atomic mass is 10.2. The Morgan fingerprint density at radius 3 is 2.73 bits per heavy atom. The number of unbranched alkanes of at least 4 members (excludes halogenated alkanes) is 3. The van der Waals surface area contributed by atoms with Gasteiger partial charge in [0.25, 0.3) is 0 Å². The van der Waals surface area contributed by atoms with Crippen LogP contribution in [0.2, 0.25) is 0 Å². The van der Waals surface area contributed by atoms with Gasteiger partial charge in [-0.2, -0.15) is 0 Å². The van der Waals surface area contributed by atoms with Gasteiger partial charge in [0.15, 0.2) is 0 Å². The lowest BCUT2D eigenvalue weighted by Gasteiger charge is -1.98. The summed E-state index contributed by atoms with van der Waals surface area (Å²) in [6, 6.07) is 0. The second-order valence-electron chi connectivity index (χ2n) is 2.49. The van der Waals surface area contributed by atoms with E-state index in [0.29, 0.717) is 0 Å². The lowest BCUT2D eigenvalue weighted by Crippen LogP contribution is -1.87. The highest BCUT2D eigenvalue weighted by Crippen LogP contribution is 1.98. The Morgan fingerprint density at radius 2 is 2.09 bits per heavy atom. The Bertz CT molecular complexity index is 89.6. The molecule has 0 amide bonds. The van der Waals surface area contributed by atoms with Gasteiger partial charge < -0.3 is 9.84 Å². The van der Waals surface area contributed by atoms with Gasteiger partial charge in [-0.1, -0.05) is 26.2 Å². The fraction of sp³-hybridized carbons (Fsp3) is 0.778. The molecule has 0 aromatic heterocycles. The monoisotopic (exact) mass is 158 g/mol. The topological polar surface area (TPSA) is 29.5 Å². The van der Waals surface area contributed by atoms with Crippen LogP contribution in [0.15, 0.2) is 12.3 Å². The van der Waals surface area contributed by atoms with E-state index in [4.69, 9.17) is 9.84 Å². The first-order valence-electron chi connectivity index (χ1n) is 4.29. The molecule has 0 rings (SSSR count).